The van der Waals surface area contributed by atoms with Gasteiger partial charge in [0.05, 0.1) is 5.52 Å². The van der Waals surface area contributed by atoms with Crippen LogP contribution in [0.25, 0.3) is 11.2 Å². The second-order valence-corrected chi connectivity index (χ2v) is 5.49. The van der Waals surface area contributed by atoms with E-state index in [2.05, 4.69) is 35.3 Å². The molecular formula is C13H19N3S. The maximum atomic E-state index is 5.39. The molecule has 1 N–H and O–H groups in total. The third-order valence-electron chi connectivity index (χ3n) is 2.96. The summed E-state index contributed by atoms with van der Waals surface area (Å²) in [4.78, 5) is 7.81. The van der Waals surface area contributed by atoms with Gasteiger partial charge in [-0.25, -0.2) is 4.98 Å². The van der Waals surface area contributed by atoms with Crippen molar-refractivity contribution in [3.63, 3.8) is 0 Å². The van der Waals surface area contributed by atoms with E-state index in [1.165, 1.54) is 0 Å². The van der Waals surface area contributed by atoms with Gasteiger partial charge < -0.3 is 4.98 Å². The van der Waals surface area contributed by atoms with Crippen LogP contribution >= 0.6 is 12.2 Å². The molecule has 0 fully saturated rings. The minimum atomic E-state index is 0.380. The van der Waals surface area contributed by atoms with Crippen molar-refractivity contribution in [2.24, 2.45) is 5.92 Å². The van der Waals surface area contributed by atoms with E-state index in [1.54, 1.807) is 0 Å². The van der Waals surface area contributed by atoms with Crippen molar-refractivity contribution >= 4 is 23.4 Å². The number of pyridine rings is 1. The highest BCUT2D eigenvalue weighted by atomic mass is 32.1. The summed E-state index contributed by atoms with van der Waals surface area (Å²) in [5.74, 6) is 0.654. The number of imidazole rings is 1. The molecule has 0 saturated heterocycles. The SMILES string of the molecule is Cc1ccc2[nH]c(=S)n(C(C)CC(C)C)c2n1. The summed E-state index contributed by atoms with van der Waals surface area (Å²) in [6, 6.07) is 4.43. The van der Waals surface area contributed by atoms with Crippen LogP contribution in [0, 0.1) is 17.6 Å². The zero-order valence-corrected chi connectivity index (χ0v) is 11.6. The van der Waals surface area contributed by atoms with Crippen molar-refractivity contribution in [3.8, 4) is 0 Å². The third-order valence-corrected chi connectivity index (χ3v) is 3.25. The van der Waals surface area contributed by atoms with Gasteiger partial charge in [0.25, 0.3) is 0 Å². The molecule has 0 aliphatic heterocycles. The minimum absolute atomic E-state index is 0.380. The number of aromatic amines is 1. The number of nitrogens with one attached hydrogen (secondary N) is 1. The van der Waals surface area contributed by atoms with Gasteiger partial charge >= 0.3 is 0 Å². The molecule has 4 heteroatoms. The van der Waals surface area contributed by atoms with E-state index in [1.807, 2.05) is 19.1 Å². The molecule has 0 saturated carbocycles. The number of rotatable bonds is 3. The second kappa shape index (κ2) is 4.61. The topological polar surface area (TPSA) is 33.6 Å². The Morgan fingerprint density at radius 3 is 2.71 bits per heavy atom. The second-order valence-electron chi connectivity index (χ2n) is 5.10. The van der Waals surface area contributed by atoms with Crippen molar-refractivity contribution in [2.45, 2.75) is 40.2 Å². The molecule has 2 aromatic heterocycles. The Kier molecular flexibility index (Phi) is 3.33. The maximum Gasteiger partial charge on any atom is 0.179 e. The molecule has 1 unspecified atom stereocenters. The summed E-state index contributed by atoms with van der Waals surface area (Å²) >= 11 is 5.39. The highest BCUT2D eigenvalue weighted by Gasteiger charge is 2.13. The third kappa shape index (κ3) is 2.41. The Bertz CT molecular complexity index is 580. The molecule has 0 aromatic carbocycles. The summed E-state index contributed by atoms with van der Waals surface area (Å²) in [7, 11) is 0. The van der Waals surface area contributed by atoms with E-state index in [-0.39, 0.29) is 0 Å². The average Bonchev–Trinajstić information content (AvgIpc) is 2.52. The number of fused-ring (bicyclic) bond motifs is 1. The molecule has 0 aliphatic rings. The maximum absolute atomic E-state index is 5.39. The van der Waals surface area contributed by atoms with Gasteiger partial charge in [-0.15, -0.1) is 0 Å². The number of aromatic nitrogens is 3. The van der Waals surface area contributed by atoms with Crippen LogP contribution in [-0.4, -0.2) is 14.5 Å². The number of hydrogen-bond donors (Lipinski definition) is 1. The normalized spacial score (nSPS) is 13.5. The smallest absolute Gasteiger partial charge is 0.179 e. The first-order valence-electron chi connectivity index (χ1n) is 6.07. The molecule has 1 atom stereocenters. The largest absolute Gasteiger partial charge is 0.329 e. The molecule has 0 amide bonds. The Morgan fingerprint density at radius 2 is 2.06 bits per heavy atom. The molecule has 17 heavy (non-hydrogen) atoms. The highest BCUT2D eigenvalue weighted by Crippen LogP contribution is 2.22. The highest BCUT2D eigenvalue weighted by molar-refractivity contribution is 7.71. The van der Waals surface area contributed by atoms with Crippen molar-refractivity contribution in [1.82, 2.24) is 14.5 Å². The molecule has 2 heterocycles. The lowest BCUT2D eigenvalue weighted by Gasteiger charge is -2.16. The Labute approximate surface area is 107 Å². The molecule has 92 valence electrons. The van der Waals surface area contributed by atoms with E-state index < -0.39 is 0 Å². The predicted octanol–water partition coefficient (Wildman–Crippen LogP) is 4.01. The van der Waals surface area contributed by atoms with Crippen LogP contribution in [0.15, 0.2) is 12.1 Å². The molecule has 0 spiro atoms. The summed E-state index contributed by atoms with van der Waals surface area (Å²) in [5.41, 5.74) is 3.02. The van der Waals surface area contributed by atoms with Gasteiger partial charge in [-0.2, -0.15) is 0 Å². The molecular weight excluding hydrogens is 230 g/mol. The van der Waals surface area contributed by atoms with Gasteiger partial charge in [0.1, 0.15) is 0 Å². The van der Waals surface area contributed by atoms with E-state index in [0.29, 0.717) is 12.0 Å². The van der Waals surface area contributed by atoms with Gasteiger partial charge in [0.2, 0.25) is 0 Å². The van der Waals surface area contributed by atoms with Crippen LogP contribution in [0.4, 0.5) is 0 Å². The van der Waals surface area contributed by atoms with Crippen LogP contribution in [0.3, 0.4) is 0 Å². The molecule has 0 radical (unpaired) electrons. The first-order valence-corrected chi connectivity index (χ1v) is 6.47. The van der Waals surface area contributed by atoms with Crippen molar-refractivity contribution < 1.29 is 0 Å². The van der Waals surface area contributed by atoms with E-state index in [0.717, 1.165) is 28.0 Å². The Hall–Kier alpha value is -1.16. The summed E-state index contributed by atoms with van der Waals surface area (Å²) in [6.45, 7) is 8.67. The lowest BCUT2D eigenvalue weighted by molar-refractivity contribution is 0.431. The van der Waals surface area contributed by atoms with E-state index in [4.69, 9.17) is 12.2 Å². The molecule has 3 nitrogen and oxygen atoms in total. The van der Waals surface area contributed by atoms with Crippen molar-refractivity contribution in [2.75, 3.05) is 0 Å². The lowest BCUT2D eigenvalue weighted by Crippen LogP contribution is -2.09. The zero-order chi connectivity index (χ0) is 12.6. The molecule has 0 aliphatic carbocycles. The lowest BCUT2D eigenvalue weighted by atomic mass is 10.1. The standard InChI is InChI=1S/C13H19N3S/c1-8(2)7-10(4)16-12-11(15-13(16)17)6-5-9(3)14-12/h5-6,8,10H,7H2,1-4H3,(H,15,17). The number of H-pyrrole nitrogens is 1. The predicted molar refractivity (Wildman–Crippen MR) is 73.8 cm³/mol. The van der Waals surface area contributed by atoms with Gasteiger partial charge in [-0.1, -0.05) is 13.8 Å². The van der Waals surface area contributed by atoms with Crippen LogP contribution in [0.1, 0.15) is 38.9 Å². The fourth-order valence-electron chi connectivity index (χ4n) is 2.29. The monoisotopic (exact) mass is 249 g/mol. The molecule has 2 aromatic rings. The fourth-order valence-corrected chi connectivity index (χ4v) is 2.67. The van der Waals surface area contributed by atoms with Crippen molar-refractivity contribution in [3.05, 3.63) is 22.6 Å². The number of nitrogens with zero attached hydrogens (tertiary/aromatic N) is 2. The minimum Gasteiger partial charge on any atom is -0.329 e. The summed E-state index contributed by atoms with van der Waals surface area (Å²) < 4.78 is 2.91. The molecule has 2 rings (SSSR count). The van der Waals surface area contributed by atoms with Crippen LogP contribution in [0.2, 0.25) is 0 Å². The zero-order valence-electron chi connectivity index (χ0n) is 10.8. The molecule has 0 bridgehead atoms. The number of hydrogen-bond acceptors (Lipinski definition) is 2. The Balaban J connectivity index is 2.55. The fraction of sp³-hybridized carbons (Fsp3) is 0.538. The first-order chi connectivity index (χ1) is 7.99. The van der Waals surface area contributed by atoms with Crippen molar-refractivity contribution in [1.29, 1.82) is 0 Å². The summed E-state index contributed by atoms with van der Waals surface area (Å²) in [6.07, 6.45) is 1.11. The summed E-state index contributed by atoms with van der Waals surface area (Å²) in [5, 5.41) is 0. The van der Waals surface area contributed by atoms with Gasteiger partial charge in [0.15, 0.2) is 10.4 Å². The van der Waals surface area contributed by atoms with E-state index in [9.17, 15) is 0 Å². The van der Waals surface area contributed by atoms with Crippen LogP contribution in [-0.2, 0) is 0 Å². The van der Waals surface area contributed by atoms with Gasteiger partial charge in [-0.05, 0) is 50.5 Å². The number of aryl methyl sites for hydroxylation is 1. The average molecular weight is 249 g/mol. The quantitative estimate of drug-likeness (QED) is 0.834. The van der Waals surface area contributed by atoms with Crippen LogP contribution < -0.4 is 0 Å². The van der Waals surface area contributed by atoms with Crippen LogP contribution in [0.5, 0.6) is 0 Å². The van der Waals surface area contributed by atoms with Gasteiger partial charge in [0, 0.05) is 11.7 Å². The van der Waals surface area contributed by atoms with Gasteiger partial charge in [-0.3, -0.25) is 4.57 Å². The first kappa shape index (κ1) is 12.3. The van der Waals surface area contributed by atoms with E-state index >= 15 is 0 Å². The Morgan fingerprint density at radius 1 is 1.35 bits per heavy atom.